The highest BCUT2D eigenvalue weighted by Gasteiger charge is 2.21. The fraction of sp³-hybridized carbons (Fsp3) is 0.381. The Labute approximate surface area is 177 Å². The standard InChI is InChI=1S/C21H23F2N3O3S/c1-12-4-7-17-13(9-12)10-18(30-17)21(29)26-25-19(27)3-2-8-24-20(28)15-6-5-14(22)11-16(15)23/h5-6,10-12H,2-4,7-9H2,1H3,(H,24,28)(H,25,27)(H,26,29). The SMILES string of the molecule is CC1CCc2sc(C(=O)NNC(=O)CCCNC(=O)c3ccc(F)cc3F)cc2C1. The molecule has 1 aromatic heterocycles. The molecule has 0 radical (unpaired) electrons. The molecule has 3 amide bonds. The van der Waals surface area contributed by atoms with Crippen LogP contribution in [0, 0.1) is 17.6 Å². The third kappa shape index (κ3) is 5.63. The van der Waals surface area contributed by atoms with Gasteiger partial charge in [-0.1, -0.05) is 6.92 Å². The molecule has 3 rings (SSSR count). The summed E-state index contributed by atoms with van der Waals surface area (Å²) in [6.07, 6.45) is 3.43. The maximum atomic E-state index is 13.5. The molecule has 9 heteroatoms. The van der Waals surface area contributed by atoms with Crippen LogP contribution in [0.1, 0.15) is 56.7 Å². The Hall–Kier alpha value is -2.81. The molecule has 2 aromatic rings. The van der Waals surface area contributed by atoms with Crippen molar-refractivity contribution >= 4 is 29.1 Å². The Bertz CT molecular complexity index is 961. The average molecular weight is 435 g/mol. The van der Waals surface area contributed by atoms with Crippen molar-refractivity contribution in [1.82, 2.24) is 16.2 Å². The molecular weight excluding hydrogens is 412 g/mol. The number of hydrazine groups is 1. The van der Waals surface area contributed by atoms with Crippen LogP contribution in [0.5, 0.6) is 0 Å². The third-order valence-electron chi connectivity index (χ3n) is 4.91. The van der Waals surface area contributed by atoms with Gasteiger partial charge < -0.3 is 5.32 Å². The van der Waals surface area contributed by atoms with Crippen LogP contribution in [-0.2, 0) is 17.6 Å². The van der Waals surface area contributed by atoms with E-state index in [1.54, 1.807) is 0 Å². The molecule has 1 atom stereocenters. The quantitative estimate of drug-likeness (QED) is 0.481. The maximum Gasteiger partial charge on any atom is 0.279 e. The van der Waals surface area contributed by atoms with Crippen LogP contribution in [0.15, 0.2) is 24.3 Å². The van der Waals surface area contributed by atoms with Crippen LogP contribution in [0.3, 0.4) is 0 Å². The average Bonchev–Trinajstić information content (AvgIpc) is 3.12. The van der Waals surface area contributed by atoms with Gasteiger partial charge in [-0.05, 0) is 55.4 Å². The second-order valence-corrected chi connectivity index (χ2v) is 8.53. The van der Waals surface area contributed by atoms with E-state index in [-0.39, 0.29) is 24.4 Å². The molecule has 1 aliphatic carbocycles. The van der Waals surface area contributed by atoms with Gasteiger partial charge in [0.1, 0.15) is 11.6 Å². The first kappa shape index (κ1) is 21.9. The number of hydrogen-bond donors (Lipinski definition) is 3. The Morgan fingerprint density at radius 1 is 1.13 bits per heavy atom. The van der Waals surface area contributed by atoms with E-state index in [1.807, 2.05) is 6.07 Å². The van der Waals surface area contributed by atoms with Crippen molar-refractivity contribution in [2.45, 2.75) is 39.0 Å². The number of halogens is 2. The number of hydrogen-bond acceptors (Lipinski definition) is 4. The number of nitrogens with one attached hydrogen (secondary N) is 3. The molecule has 0 bridgehead atoms. The lowest BCUT2D eigenvalue weighted by Gasteiger charge is -2.16. The minimum atomic E-state index is -0.947. The minimum absolute atomic E-state index is 0.0604. The molecule has 1 aromatic carbocycles. The second-order valence-electron chi connectivity index (χ2n) is 7.39. The molecule has 1 unspecified atom stereocenters. The third-order valence-corrected chi connectivity index (χ3v) is 6.15. The molecule has 30 heavy (non-hydrogen) atoms. The lowest BCUT2D eigenvalue weighted by atomic mass is 9.90. The second kappa shape index (κ2) is 9.80. The monoisotopic (exact) mass is 435 g/mol. The Morgan fingerprint density at radius 2 is 1.93 bits per heavy atom. The minimum Gasteiger partial charge on any atom is -0.352 e. The highest BCUT2D eigenvalue weighted by atomic mass is 32.1. The van der Waals surface area contributed by atoms with E-state index in [9.17, 15) is 23.2 Å². The molecule has 0 saturated heterocycles. The van der Waals surface area contributed by atoms with Crippen LogP contribution < -0.4 is 16.2 Å². The van der Waals surface area contributed by atoms with Crippen molar-refractivity contribution in [2.24, 2.45) is 5.92 Å². The molecule has 6 nitrogen and oxygen atoms in total. The summed E-state index contributed by atoms with van der Waals surface area (Å²) in [5, 5.41) is 2.47. The van der Waals surface area contributed by atoms with Gasteiger partial charge in [0.05, 0.1) is 10.4 Å². The van der Waals surface area contributed by atoms with Crippen LogP contribution in [-0.4, -0.2) is 24.3 Å². The number of carbonyl (C=O) groups is 3. The summed E-state index contributed by atoms with van der Waals surface area (Å²) in [5.41, 5.74) is 5.71. The molecular formula is C21H23F2N3O3S. The van der Waals surface area contributed by atoms with Crippen molar-refractivity contribution in [3.05, 3.63) is 56.8 Å². The predicted octanol–water partition coefficient (Wildman–Crippen LogP) is 3.12. The smallest absolute Gasteiger partial charge is 0.279 e. The number of amides is 3. The highest BCUT2D eigenvalue weighted by molar-refractivity contribution is 7.14. The van der Waals surface area contributed by atoms with Crippen LogP contribution >= 0.6 is 11.3 Å². The van der Waals surface area contributed by atoms with Crippen molar-refractivity contribution in [3.63, 3.8) is 0 Å². The number of benzene rings is 1. The van der Waals surface area contributed by atoms with Gasteiger partial charge in [-0.2, -0.15) is 0 Å². The summed E-state index contributed by atoms with van der Waals surface area (Å²) in [4.78, 5) is 37.8. The topological polar surface area (TPSA) is 87.3 Å². The molecule has 1 heterocycles. The fourth-order valence-electron chi connectivity index (χ4n) is 3.29. The number of carbonyl (C=O) groups excluding carboxylic acids is 3. The van der Waals surface area contributed by atoms with Gasteiger partial charge in [-0.15, -0.1) is 11.3 Å². The molecule has 0 spiro atoms. The van der Waals surface area contributed by atoms with E-state index in [4.69, 9.17) is 0 Å². The zero-order valence-corrected chi connectivity index (χ0v) is 17.3. The predicted molar refractivity (Wildman–Crippen MR) is 109 cm³/mol. The summed E-state index contributed by atoms with van der Waals surface area (Å²) in [6, 6.07) is 4.58. The molecule has 160 valence electrons. The summed E-state index contributed by atoms with van der Waals surface area (Å²) >= 11 is 1.46. The summed E-state index contributed by atoms with van der Waals surface area (Å²) < 4.78 is 26.4. The molecule has 0 saturated carbocycles. The van der Waals surface area contributed by atoms with Gasteiger partial charge in [0.25, 0.3) is 11.8 Å². The van der Waals surface area contributed by atoms with E-state index >= 15 is 0 Å². The molecule has 3 N–H and O–H groups in total. The van der Waals surface area contributed by atoms with Crippen molar-refractivity contribution < 1.29 is 23.2 Å². The van der Waals surface area contributed by atoms with Crippen molar-refractivity contribution in [2.75, 3.05) is 6.54 Å². The first-order valence-electron chi connectivity index (χ1n) is 9.77. The Morgan fingerprint density at radius 3 is 2.70 bits per heavy atom. The van der Waals surface area contributed by atoms with Gasteiger partial charge in [0, 0.05) is 23.9 Å². The first-order chi connectivity index (χ1) is 14.3. The van der Waals surface area contributed by atoms with Gasteiger partial charge >= 0.3 is 0 Å². The number of fused-ring (bicyclic) bond motifs is 1. The molecule has 0 aliphatic heterocycles. The van der Waals surface area contributed by atoms with Gasteiger partial charge in [0.15, 0.2) is 0 Å². The lowest BCUT2D eigenvalue weighted by molar-refractivity contribution is -0.121. The van der Waals surface area contributed by atoms with E-state index in [0.29, 0.717) is 23.3 Å². The zero-order valence-electron chi connectivity index (χ0n) is 16.5. The van der Waals surface area contributed by atoms with E-state index in [1.165, 1.54) is 21.8 Å². The summed E-state index contributed by atoms with van der Waals surface area (Å²) in [5.74, 6) is -2.53. The van der Waals surface area contributed by atoms with Crippen LogP contribution in [0.25, 0.3) is 0 Å². The number of rotatable bonds is 6. The fourth-order valence-corrected chi connectivity index (χ4v) is 4.39. The molecule has 0 fully saturated rings. The molecule has 1 aliphatic rings. The largest absolute Gasteiger partial charge is 0.352 e. The van der Waals surface area contributed by atoms with E-state index in [2.05, 4.69) is 23.1 Å². The van der Waals surface area contributed by atoms with Crippen molar-refractivity contribution in [1.29, 1.82) is 0 Å². The Kier molecular flexibility index (Phi) is 7.15. The normalized spacial score (nSPS) is 15.2. The van der Waals surface area contributed by atoms with Gasteiger partial charge in [-0.3, -0.25) is 25.2 Å². The van der Waals surface area contributed by atoms with Gasteiger partial charge in [-0.25, -0.2) is 8.78 Å². The highest BCUT2D eigenvalue weighted by Crippen LogP contribution is 2.32. The van der Waals surface area contributed by atoms with Gasteiger partial charge in [0.2, 0.25) is 5.91 Å². The number of aryl methyl sites for hydroxylation is 1. The van der Waals surface area contributed by atoms with Crippen LogP contribution in [0.4, 0.5) is 8.78 Å². The zero-order chi connectivity index (χ0) is 21.7. The summed E-state index contributed by atoms with van der Waals surface area (Å²) in [6.45, 7) is 2.33. The number of thiophene rings is 1. The maximum absolute atomic E-state index is 13.5. The van der Waals surface area contributed by atoms with Crippen LogP contribution in [0.2, 0.25) is 0 Å². The first-order valence-corrected chi connectivity index (χ1v) is 10.6. The lowest BCUT2D eigenvalue weighted by Crippen LogP contribution is -2.41. The van der Waals surface area contributed by atoms with E-state index in [0.717, 1.165) is 31.4 Å². The Balaban J connectivity index is 1.37. The summed E-state index contributed by atoms with van der Waals surface area (Å²) in [7, 11) is 0. The van der Waals surface area contributed by atoms with E-state index < -0.39 is 23.4 Å². The van der Waals surface area contributed by atoms with Crippen molar-refractivity contribution in [3.8, 4) is 0 Å².